The number of nitrogen functional groups attached to an aromatic ring is 1. The number of hydrogen-bond acceptors (Lipinski definition) is 9. The van der Waals surface area contributed by atoms with Crippen LogP contribution in [0, 0.1) is 0 Å². The lowest BCUT2D eigenvalue weighted by molar-refractivity contribution is -0.161. The maximum absolute atomic E-state index is 12.5. The second-order valence-electron chi connectivity index (χ2n) is 6.06. The second-order valence-corrected chi connectivity index (χ2v) is 6.95. The Morgan fingerprint density at radius 2 is 2.15 bits per heavy atom. The number of aliphatic carboxylic acids is 2. The van der Waals surface area contributed by atoms with Crippen molar-refractivity contribution in [3.05, 3.63) is 11.1 Å². The predicted octanol–water partition coefficient (Wildman–Crippen LogP) is -1.28. The minimum atomic E-state index is -1.71. The van der Waals surface area contributed by atoms with Crippen molar-refractivity contribution in [2.45, 2.75) is 25.5 Å². The Balaban J connectivity index is 2.14. The number of nitrogens with one attached hydrogen (secondary N) is 1. The van der Waals surface area contributed by atoms with Crippen molar-refractivity contribution in [3.63, 3.8) is 0 Å². The van der Waals surface area contributed by atoms with Crippen molar-refractivity contribution in [3.8, 4) is 0 Å². The van der Waals surface area contributed by atoms with Crippen LogP contribution in [0.15, 0.2) is 10.5 Å². The normalized spacial score (nSPS) is 17.3. The third kappa shape index (κ3) is 4.69. The number of carboxylic acid groups (broad SMARTS) is 2. The summed E-state index contributed by atoms with van der Waals surface area (Å²) in [5.41, 5.74) is 3.52. The summed E-state index contributed by atoms with van der Waals surface area (Å²) in [6.07, 6.45) is 0. The summed E-state index contributed by atoms with van der Waals surface area (Å²) in [7, 11) is 0. The van der Waals surface area contributed by atoms with Gasteiger partial charge in [0.25, 0.3) is 5.91 Å². The predicted molar refractivity (Wildman–Crippen MR) is 92.0 cm³/mol. The van der Waals surface area contributed by atoms with Gasteiger partial charge in [-0.15, -0.1) is 11.3 Å². The highest BCUT2D eigenvalue weighted by Crippen LogP contribution is 2.16. The van der Waals surface area contributed by atoms with Crippen LogP contribution in [0.4, 0.5) is 5.13 Å². The fourth-order valence-electron chi connectivity index (χ4n) is 1.94. The average Bonchev–Trinajstić information content (AvgIpc) is 2.99. The van der Waals surface area contributed by atoms with Crippen LogP contribution in [0.2, 0.25) is 0 Å². The first kappa shape index (κ1) is 20.1. The zero-order valence-electron chi connectivity index (χ0n) is 14.3. The number of nitrogens with zero attached hydrogens (tertiary/aromatic N) is 3. The van der Waals surface area contributed by atoms with Crippen LogP contribution in [-0.4, -0.2) is 74.3 Å². The lowest BCUT2D eigenvalue weighted by Crippen LogP contribution is -2.65. The van der Waals surface area contributed by atoms with Crippen LogP contribution < -0.4 is 11.1 Å². The molecular weight excluding hydrogens is 382 g/mol. The Morgan fingerprint density at radius 3 is 2.63 bits per heavy atom. The summed E-state index contributed by atoms with van der Waals surface area (Å²) in [6.45, 7) is 2.03. The minimum absolute atomic E-state index is 0.0187. The Morgan fingerprint density at radius 1 is 1.48 bits per heavy atom. The Kier molecular flexibility index (Phi) is 5.64. The number of aromatic nitrogens is 1. The first-order valence-electron chi connectivity index (χ1n) is 7.53. The SMILES string of the molecule is CC(C)(ON=C(C(=O)NC1CN(CC(=O)O)C1=O)c1csc(N)n1)C(=O)O. The first-order chi connectivity index (χ1) is 12.5. The smallest absolute Gasteiger partial charge is 0.350 e. The van der Waals surface area contributed by atoms with Crippen molar-refractivity contribution in [2.75, 3.05) is 18.8 Å². The molecule has 0 aromatic carbocycles. The molecule has 12 nitrogen and oxygen atoms in total. The summed E-state index contributed by atoms with van der Waals surface area (Å²) in [5, 5.41) is 25.3. The molecule has 2 heterocycles. The van der Waals surface area contributed by atoms with Gasteiger partial charge in [-0.1, -0.05) is 5.16 Å². The number of carboxylic acids is 2. The summed E-state index contributed by atoms with van der Waals surface area (Å²) in [5.74, 6) is -3.87. The van der Waals surface area contributed by atoms with Gasteiger partial charge >= 0.3 is 11.9 Å². The molecule has 1 aliphatic heterocycles. The van der Waals surface area contributed by atoms with Crippen LogP contribution in [-0.2, 0) is 24.0 Å². The van der Waals surface area contributed by atoms with E-state index in [4.69, 9.17) is 20.8 Å². The summed E-state index contributed by atoms with van der Waals surface area (Å²) >= 11 is 1.03. The van der Waals surface area contributed by atoms with Gasteiger partial charge in [-0.25, -0.2) is 9.78 Å². The topological polar surface area (TPSA) is 185 Å². The van der Waals surface area contributed by atoms with E-state index in [2.05, 4.69) is 15.5 Å². The number of carbonyl (C=O) groups excluding carboxylic acids is 2. The number of likely N-dealkylation sites (tertiary alicyclic amines) is 1. The molecule has 27 heavy (non-hydrogen) atoms. The van der Waals surface area contributed by atoms with Crippen molar-refractivity contribution in [1.82, 2.24) is 15.2 Å². The third-order valence-electron chi connectivity index (χ3n) is 3.50. The molecule has 146 valence electrons. The fourth-order valence-corrected chi connectivity index (χ4v) is 2.48. The largest absolute Gasteiger partial charge is 0.480 e. The molecule has 0 radical (unpaired) electrons. The van der Waals surface area contributed by atoms with Crippen LogP contribution in [0.25, 0.3) is 0 Å². The number of hydrogen-bond donors (Lipinski definition) is 4. The van der Waals surface area contributed by atoms with Gasteiger partial charge in [0.2, 0.25) is 11.5 Å². The molecule has 0 spiro atoms. The van der Waals surface area contributed by atoms with E-state index < -0.39 is 41.9 Å². The number of oxime groups is 1. The second kappa shape index (κ2) is 7.57. The van der Waals surface area contributed by atoms with Gasteiger partial charge in [-0.2, -0.15) is 0 Å². The number of β-lactam (4-membered cyclic amide) rings is 1. The molecule has 5 N–H and O–H groups in total. The number of rotatable bonds is 8. The molecule has 0 bridgehead atoms. The fraction of sp³-hybridized carbons (Fsp3) is 0.429. The van der Waals surface area contributed by atoms with Crippen molar-refractivity contribution < 1.29 is 34.2 Å². The van der Waals surface area contributed by atoms with Crippen molar-refractivity contribution >= 4 is 45.9 Å². The van der Waals surface area contributed by atoms with E-state index in [1.54, 1.807) is 0 Å². The quantitative estimate of drug-likeness (QED) is 0.235. The van der Waals surface area contributed by atoms with E-state index in [-0.39, 0.29) is 23.1 Å². The highest BCUT2D eigenvalue weighted by atomic mass is 32.1. The molecule has 1 fully saturated rings. The maximum Gasteiger partial charge on any atom is 0.350 e. The zero-order chi connectivity index (χ0) is 20.4. The zero-order valence-corrected chi connectivity index (χ0v) is 15.1. The highest BCUT2D eigenvalue weighted by Gasteiger charge is 2.40. The molecule has 1 aromatic rings. The molecule has 0 saturated carbocycles. The van der Waals surface area contributed by atoms with Gasteiger partial charge in [0, 0.05) is 5.38 Å². The van der Waals surface area contributed by atoms with Crippen LogP contribution in [0.3, 0.4) is 0 Å². The van der Waals surface area contributed by atoms with Crippen molar-refractivity contribution in [2.24, 2.45) is 5.16 Å². The summed E-state index contributed by atoms with van der Waals surface area (Å²) in [4.78, 5) is 56.0. The van der Waals surface area contributed by atoms with Gasteiger partial charge in [0.15, 0.2) is 10.8 Å². The van der Waals surface area contributed by atoms with E-state index in [9.17, 15) is 19.2 Å². The third-order valence-corrected chi connectivity index (χ3v) is 4.18. The molecule has 1 aliphatic rings. The van der Waals surface area contributed by atoms with Gasteiger partial charge in [0.1, 0.15) is 18.3 Å². The van der Waals surface area contributed by atoms with Gasteiger partial charge < -0.3 is 31.0 Å². The minimum Gasteiger partial charge on any atom is -0.480 e. The molecule has 0 aliphatic carbocycles. The molecule has 2 rings (SSSR count). The molecule has 1 saturated heterocycles. The standard InChI is InChI=1S/C14H17N5O7S/c1-14(2,12(24)25)26-18-9(7-5-27-13(15)17-7)10(22)16-6-3-19(11(6)23)4-8(20)21/h5-6H,3-4H2,1-2H3,(H2,15,17)(H,16,22)(H,20,21)(H,24,25). The molecule has 1 aromatic heterocycles. The lowest BCUT2D eigenvalue weighted by atomic mass is 10.1. The number of anilines is 1. The molecule has 1 atom stereocenters. The lowest BCUT2D eigenvalue weighted by Gasteiger charge is -2.37. The Labute approximate surface area is 156 Å². The van der Waals surface area contributed by atoms with Crippen molar-refractivity contribution in [1.29, 1.82) is 0 Å². The molecule has 1 unspecified atom stereocenters. The summed E-state index contributed by atoms with van der Waals surface area (Å²) in [6, 6.07) is -0.925. The van der Waals surface area contributed by atoms with E-state index in [1.807, 2.05) is 0 Å². The van der Waals surface area contributed by atoms with E-state index >= 15 is 0 Å². The highest BCUT2D eigenvalue weighted by molar-refractivity contribution is 7.13. The number of thiazole rings is 1. The monoisotopic (exact) mass is 399 g/mol. The van der Waals surface area contributed by atoms with E-state index in [1.165, 1.54) is 19.2 Å². The first-order valence-corrected chi connectivity index (χ1v) is 8.41. The van der Waals surface area contributed by atoms with Crippen LogP contribution in [0.5, 0.6) is 0 Å². The van der Waals surface area contributed by atoms with Crippen LogP contribution in [0.1, 0.15) is 19.5 Å². The molecule has 2 amide bonds. The van der Waals surface area contributed by atoms with Gasteiger partial charge in [0.05, 0.1) is 6.54 Å². The van der Waals surface area contributed by atoms with Crippen LogP contribution >= 0.6 is 11.3 Å². The molecular formula is C14H17N5O7S. The number of nitrogens with two attached hydrogens (primary N) is 1. The van der Waals surface area contributed by atoms with E-state index in [0.29, 0.717) is 0 Å². The number of amides is 2. The average molecular weight is 399 g/mol. The summed E-state index contributed by atoms with van der Waals surface area (Å²) < 4.78 is 0. The number of carbonyl (C=O) groups is 4. The van der Waals surface area contributed by atoms with Gasteiger partial charge in [-0.05, 0) is 13.8 Å². The van der Waals surface area contributed by atoms with E-state index in [0.717, 1.165) is 16.2 Å². The Hall–Kier alpha value is -3.22. The van der Waals surface area contributed by atoms with Gasteiger partial charge in [-0.3, -0.25) is 14.4 Å². The Bertz CT molecular complexity index is 819. The maximum atomic E-state index is 12.5. The molecule has 13 heteroatoms.